The molecule has 0 bridgehead atoms. The van der Waals surface area contributed by atoms with Crippen LogP contribution in [0.4, 0.5) is 19.3 Å². The summed E-state index contributed by atoms with van der Waals surface area (Å²) >= 11 is 0.742. The van der Waals surface area contributed by atoms with Crippen molar-refractivity contribution in [1.29, 1.82) is 0 Å². The molecule has 1 fully saturated rings. The molecule has 0 atom stereocenters. The second kappa shape index (κ2) is 8.72. The first kappa shape index (κ1) is 21.8. The number of fused-ring (bicyclic) bond motifs is 2. The normalized spacial score (nSPS) is 15.0. The van der Waals surface area contributed by atoms with Crippen molar-refractivity contribution in [2.75, 3.05) is 11.9 Å². The number of imide groups is 1. The molecule has 1 N–H and O–H groups in total. The lowest BCUT2D eigenvalue weighted by Crippen LogP contribution is -2.36. The van der Waals surface area contributed by atoms with Crippen molar-refractivity contribution in [3.8, 4) is 0 Å². The van der Waals surface area contributed by atoms with Crippen molar-refractivity contribution in [3.63, 3.8) is 0 Å². The number of rotatable bonds is 4. The molecule has 5 nitrogen and oxygen atoms in total. The van der Waals surface area contributed by atoms with Crippen molar-refractivity contribution in [2.24, 2.45) is 0 Å². The molecule has 4 aromatic carbocycles. The molecule has 1 aliphatic heterocycles. The number of halogens is 2. The van der Waals surface area contributed by atoms with E-state index in [-0.39, 0.29) is 10.6 Å². The maximum atomic E-state index is 13.8. The van der Waals surface area contributed by atoms with Gasteiger partial charge < -0.3 is 5.32 Å². The zero-order valence-electron chi connectivity index (χ0n) is 17.5. The van der Waals surface area contributed by atoms with Gasteiger partial charge in [0.25, 0.3) is 11.1 Å². The van der Waals surface area contributed by atoms with Crippen LogP contribution in [0.1, 0.15) is 5.56 Å². The Labute approximate surface area is 197 Å². The molecule has 0 aliphatic carbocycles. The summed E-state index contributed by atoms with van der Waals surface area (Å²) in [5.41, 5.74) is 0.563. The van der Waals surface area contributed by atoms with Crippen LogP contribution in [0.3, 0.4) is 0 Å². The lowest BCUT2D eigenvalue weighted by Gasteiger charge is -2.13. The zero-order valence-corrected chi connectivity index (χ0v) is 18.4. The zero-order chi connectivity index (χ0) is 23.8. The molecule has 168 valence electrons. The summed E-state index contributed by atoms with van der Waals surface area (Å²) in [6.07, 6.45) is 1.67. The van der Waals surface area contributed by atoms with Gasteiger partial charge in [0, 0.05) is 6.07 Å². The number of hydrogen-bond acceptors (Lipinski definition) is 4. The van der Waals surface area contributed by atoms with Crippen LogP contribution < -0.4 is 5.32 Å². The Balaban J connectivity index is 1.45. The minimum absolute atomic E-state index is 0.187. The maximum Gasteiger partial charge on any atom is 0.294 e. The van der Waals surface area contributed by atoms with Gasteiger partial charge in [0.1, 0.15) is 18.2 Å². The summed E-state index contributed by atoms with van der Waals surface area (Å²) < 4.78 is 26.9. The van der Waals surface area contributed by atoms with Crippen molar-refractivity contribution >= 4 is 62.1 Å². The van der Waals surface area contributed by atoms with Crippen LogP contribution in [0, 0.1) is 11.6 Å². The smallest absolute Gasteiger partial charge is 0.294 e. The van der Waals surface area contributed by atoms with Gasteiger partial charge in [-0.15, -0.1) is 0 Å². The summed E-state index contributed by atoms with van der Waals surface area (Å²) in [5, 5.41) is 5.50. The summed E-state index contributed by atoms with van der Waals surface area (Å²) in [6, 6.07) is 20.3. The van der Waals surface area contributed by atoms with Crippen LogP contribution >= 0.6 is 11.8 Å². The predicted octanol–water partition coefficient (Wildman–Crippen LogP) is 5.95. The van der Waals surface area contributed by atoms with Crippen LogP contribution in [-0.2, 0) is 9.59 Å². The van der Waals surface area contributed by atoms with Crippen molar-refractivity contribution in [1.82, 2.24) is 4.90 Å². The van der Waals surface area contributed by atoms with Gasteiger partial charge in [0.05, 0.1) is 10.6 Å². The van der Waals surface area contributed by atoms with E-state index in [0.29, 0.717) is 6.07 Å². The van der Waals surface area contributed by atoms with Crippen molar-refractivity contribution < 1.29 is 23.2 Å². The molecule has 1 aliphatic rings. The number of nitrogens with zero attached hydrogens (tertiary/aromatic N) is 1. The number of hydrogen-bond donors (Lipinski definition) is 1. The first-order valence-electron chi connectivity index (χ1n) is 10.3. The number of thioether (sulfide) groups is 1. The Hall–Kier alpha value is -4.04. The van der Waals surface area contributed by atoms with E-state index in [2.05, 4.69) is 11.4 Å². The van der Waals surface area contributed by atoms with Crippen LogP contribution in [-0.4, -0.2) is 28.5 Å². The Morgan fingerprint density at radius 3 is 2.21 bits per heavy atom. The Bertz CT molecular complexity index is 1480. The highest BCUT2D eigenvalue weighted by Gasteiger charge is 2.36. The average molecular weight is 474 g/mol. The van der Waals surface area contributed by atoms with Crippen molar-refractivity contribution in [2.45, 2.75) is 0 Å². The third-order valence-electron chi connectivity index (χ3n) is 5.47. The van der Waals surface area contributed by atoms with Gasteiger partial charge in [-0.05, 0) is 63.1 Å². The molecule has 1 heterocycles. The molecule has 3 amide bonds. The standard InChI is InChI=1S/C26H16F2N2O3S/c27-17-9-10-22(21(28)12-17)29-24(31)14-30-25(32)23(34-26(30)33)13-20-18-7-3-1-5-15(18)11-16-6-2-4-8-19(16)20/h1-13H,14H2,(H,29,31). The molecule has 8 heteroatoms. The Kier molecular flexibility index (Phi) is 5.59. The summed E-state index contributed by atoms with van der Waals surface area (Å²) in [4.78, 5) is 38.9. The molecule has 1 saturated heterocycles. The van der Waals surface area contributed by atoms with Gasteiger partial charge in [-0.25, -0.2) is 8.78 Å². The number of anilines is 1. The molecule has 0 saturated carbocycles. The van der Waals surface area contributed by atoms with Crippen LogP contribution in [0.15, 0.2) is 77.7 Å². The van der Waals surface area contributed by atoms with Crippen LogP contribution in [0.5, 0.6) is 0 Å². The summed E-state index contributed by atoms with van der Waals surface area (Å²) in [6.45, 7) is -0.588. The first-order valence-corrected chi connectivity index (χ1v) is 11.1. The number of benzene rings is 4. The Morgan fingerprint density at radius 2 is 1.56 bits per heavy atom. The molecule has 0 radical (unpaired) electrons. The second-order valence-electron chi connectivity index (χ2n) is 7.67. The van der Waals surface area contributed by atoms with Crippen LogP contribution in [0.2, 0.25) is 0 Å². The van der Waals surface area contributed by atoms with E-state index in [0.717, 1.165) is 55.9 Å². The van der Waals surface area contributed by atoms with E-state index < -0.39 is 35.2 Å². The van der Waals surface area contributed by atoms with Crippen LogP contribution in [0.25, 0.3) is 27.6 Å². The number of carbonyl (C=O) groups is 3. The molecule has 0 unspecified atom stereocenters. The van der Waals surface area contributed by atoms with Gasteiger partial charge in [-0.2, -0.15) is 0 Å². The summed E-state index contributed by atoms with van der Waals surface area (Å²) in [7, 11) is 0. The molecule has 0 aromatic heterocycles. The molecular weight excluding hydrogens is 458 g/mol. The largest absolute Gasteiger partial charge is 0.322 e. The third kappa shape index (κ3) is 4.04. The van der Waals surface area contributed by atoms with E-state index >= 15 is 0 Å². The molecular formula is C26H16F2N2O3S. The van der Waals surface area contributed by atoms with Gasteiger partial charge in [-0.3, -0.25) is 19.3 Å². The average Bonchev–Trinajstić information content (AvgIpc) is 3.08. The SMILES string of the molecule is O=C(CN1C(=O)SC(=Cc2c3ccccc3cc3ccccc23)C1=O)Nc1ccc(F)cc1F. The van der Waals surface area contributed by atoms with Gasteiger partial charge in [-0.1, -0.05) is 48.5 Å². The summed E-state index contributed by atoms with van der Waals surface area (Å²) in [5.74, 6) is -3.12. The number of carbonyl (C=O) groups excluding carboxylic acids is 3. The maximum absolute atomic E-state index is 13.8. The third-order valence-corrected chi connectivity index (χ3v) is 6.38. The number of amides is 3. The van der Waals surface area contributed by atoms with Gasteiger partial charge in [0.15, 0.2) is 0 Å². The highest BCUT2D eigenvalue weighted by Crippen LogP contribution is 2.36. The van der Waals surface area contributed by atoms with E-state index in [1.165, 1.54) is 0 Å². The fourth-order valence-corrected chi connectivity index (χ4v) is 4.72. The van der Waals surface area contributed by atoms with E-state index in [9.17, 15) is 23.2 Å². The van der Waals surface area contributed by atoms with Gasteiger partial charge in [0.2, 0.25) is 5.91 Å². The second-order valence-corrected chi connectivity index (χ2v) is 8.67. The lowest BCUT2D eigenvalue weighted by atomic mass is 9.96. The van der Waals surface area contributed by atoms with E-state index in [4.69, 9.17) is 0 Å². The fourth-order valence-electron chi connectivity index (χ4n) is 3.90. The molecule has 34 heavy (non-hydrogen) atoms. The minimum Gasteiger partial charge on any atom is -0.322 e. The van der Waals surface area contributed by atoms with Crippen molar-refractivity contribution in [3.05, 3.63) is 94.9 Å². The monoisotopic (exact) mass is 474 g/mol. The lowest BCUT2D eigenvalue weighted by molar-refractivity contribution is -0.127. The molecule has 4 aromatic rings. The fraction of sp³-hybridized carbons (Fsp3) is 0.0385. The highest BCUT2D eigenvalue weighted by atomic mass is 32.2. The number of nitrogens with one attached hydrogen (secondary N) is 1. The molecule has 0 spiro atoms. The first-order chi connectivity index (χ1) is 16.4. The predicted molar refractivity (Wildman–Crippen MR) is 129 cm³/mol. The highest BCUT2D eigenvalue weighted by molar-refractivity contribution is 8.18. The van der Waals surface area contributed by atoms with Gasteiger partial charge >= 0.3 is 0 Å². The van der Waals surface area contributed by atoms with E-state index in [1.807, 2.05) is 48.5 Å². The minimum atomic E-state index is -0.954. The Morgan fingerprint density at radius 1 is 0.912 bits per heavy atom. The molecule has 5 rings (SSSR count). The quantitative estimate of drug-likeness (QED) is 0.293. The topological polar surface area (TPSA) is 66.5 Å². The van der Waals surface area contributed by atoms with E-state index in [1.54, 1.807) is 6.08 Å².